The third-order valence-electron chi connectivity index (χ3n) is 2.79. The average Bonchev–Trinajstić information content (AvgIpc) is 2.80. The zero-order chi connectivity index (χ0) is 13.2. The van der Waals surface area contributed by atoms with E-state index in [1.807, 2.05) is 0 Å². The summed E-state index contributed by atoms with van der Waals surface area (Å²) in [6, 6.07) is 10.8. The largest absolute Gasteiger partial charge is 0.417 e. The highest BCUT2D eigenvalue weighted by molar-refractivity contribution is 5.73. The molecule has 6 nitrogen and oxygen atoms in total. The normalized spacial score (nSPS) is 12.2. The highest BCUT2D eigenvalue weighted by Gasteiger charge is 2.16. The maximum absolute atomic E-state index is 11.1. The number of hydrogen-bond donors (Lipinski definition) is 1. The fourth-order valence-corrected chi connectivity index (χ4v) is 1.93. The van der Waals surface area contributed by atoms with Crippen molar-refractivity contribution < 1.29 is 4.42 Å². The van der Waals surface area contributed by atoms with Gasteiger partial charge in [0.15, 0.2) is 5.58 Å². The number of H-pyrrole nitrogens is 1. The summed E-state index contributed by atoms with van der Waals surface area (Å²) in [6.07, 6.45) is 1.55. The lowest BCUT2D eigenvalue weighted by Gasteiger charge is -2.07. The standard InChI is InChI=1S/C13H8N4O2/c14-7-9(10-2-1-5-15-17-10)8-3-4-12-11(6-8)16-13(18)19-12/h1-6,9H,(H,16,18). The lowest BCUT2D eigenvalue weighted by molar-refractivity contribution is 0.555. The molecule has 2 heterocycles. The van der Waals surface area contributed by atoms with Gasteiger partial charge in [0.05, 0.1) is 17.3 Å². The predicted octanol–water partition coefficient (Wildman–Crippen LogP) is 1.57. The molecule has 6 heteroatoms. The number of nitrogens with zero attached hydrogens (tertiary/aromatic N) is 3. The minimum atomic E-state index is -0.531. The van der Waals surface area contributed by atoms with Gasteiger partial charge >= 0.3 is 5.76 Å². The van der Waals surface area contributed by atoms with Crippen LogP contribution in [0.1, 0.15) is 17.2 Å². The zero-order valence-corrected chi connectivity index (χ0v) is 9.70. The van der Waals surface area contributed by atoms with E-state index in [1.165, 1.54) is 0 Å². The molecule has 0 radical (unpaired) electrons. The Hall–Kier alpha value is -2.94. The lowest BCUT2D eigenvalue weighted by atomic mass is 9.97. The Kier molecular flexibility index (Phi) is 2.58. The first-order valence-corrected chi connectivity index (χ1v) is 5.58. The summed E-state index contributed by atoms with van der Waals surface area (Å²) in [5.41, 5.74) is 2.32. The molecular formula is C13H8N4O2. The van der Waals surface area contributed by atoms with Crippen LogP contribution in [-0.2, 0) is 0 Å². The van der Waals surface area contributed by atoms with E-state index in [0.29, 0.717) is 16.8 Å². The Bertz CT molecular complexity index is 814. The van der Waals surface area contributed by atoms with Crippen molar-refractivity contribution in [2.45, 2.75) is 5.92 Å². The van der Waals surface area contributed by atoms with E-state index in [4.69, 9.17) is 4.42 Å². The van der Waals surface area contributed by atoms with Gasteiger partial charge in [0.1, 0.15) is 5.92 Å². The second-order valence-electron chi connectivity index (χ2n) is 3.98. The quantitative estimate of drug-likeness (QED) is 0.746. The molecule has 0 bridgehead atoms. The fraction of sp³-hybridized carbons (Fsp3) is 0.0769. The number of aromatic amines is 1. The summed E-state index contributed by atoms with van der Waals surface area (Å²) in [5.74, 6) is -1.04. The van der Waals surface area contributed by atoms with Crippen LogP contribution in [0.3, 0.4) is 0 Å². The fourth-order valence-electron chi connectivity index (χ4n) is 1.93. The Balaban J connectivity index is 2.12. The maximum Gasteiger partial charge on any atom is 0.417 e. The highest BCUT2D eigenvalue weighted by Crippen LogP contribution is 2.24. The molecule has 3 aromatic rings. The number of benzene rings is 1. The molecule has 3 rings (SSSR count). The van der Waals surface area contributed by atoms with E-state index in [0.717, 1.165) is 5.56 Å². The van der Waals surface area contributed by atoms with Crippen LogP contribution in [0, 0.1) is 11.3 Å². The van der Waals surface area contributed by atoms with E-state index >= 15 is 0 Å². The van der Waals surface area contributed by atoms with Gasteiger partial charge in [0.2, 0.25) is 0 Å². The van der Waals surface area contributed by atoms with Crippen molar-refractivity contribution in [2.75, 3.05) is 0 Å². The lowest BCUT2D eigenvalue weighted by Crippen LogP contribution is -2.02. The van der Waals surface area contributed by atoms with Gasteiger partial charge in [-0.3, -0.25) is 4.98 Å². The number of nitriles is 1. The number of nitrogens with one attached hydrogen (secondary N) is 1. The molecule has 92 valence electrons. The van der Waals surface area contributed by atoms with Gasteiger partial charge in [-0.05, 0) is 29.8 Å². The van der Waals surface area contributed by atoms with E-state index in [2.05, 4.69) is 21.3 Å². The van der Waals surface area contributed by atoms with E-state index in [9.17, 15) is 10.1 Å². The van der Waals surface area contributed by atoms with Gasteiger partial charge in [0.25, 0.3) is 0 Å². The number of aromatic nitrogens is 3. The van der Waals surface area contributed by atoms with E-state index in [1.54, 1.807) is 36.5 Å². The Labute approximate surface area is 107 Å². The monoisotopic (exact) mass is 252 g/mol. The van der Waals surface area contributed by atoms with E-state index < -0.39 is 11.7 Å². The Morgan fingerprint density at radius 2 is 2.26 bits per heavy atom. The van der Waals surface area contributed by atoms with Crippen LogP contribution < -0.4 is 5.76 Å². The van der Waals surface area contributed by atoms with Gasteiger partial charge in [-0.1, -0.05) is 6.07 Å². The molecule has 0 saturated heterocycles. The van der Waals surface area contributed by atoms with Crippen LogP contribution in [0.15, 0.2) is 45.7 Å². The number of oxazole rings is 1. The van der Waals surface area contributed by atoms with Crippen LogP contribution in [0.2, 0.25) is 0 Å². The molecule has 1 aromatic carbocycles. The van der Waals surface area contributed by atoms with Crippen LogP contribution in [0.5, 0.6) is 0 Å². The summed E-state index contributed by atoms with van der Waals surface area (Å²) in [4.78, 5) is 13.7. The molecule has 1 N–H and O–H groups in total. The second-order valence-corrected chi connectivity index (χ2v) is 3.98. The van der Waals surface area contributed by atoms with E-state index in [-0.39, 0.29) is 0 Å². The molecule has 0 fully saturated rings. The predicted molar refractivity (Wildman–Crippen MR) is 66.3 cm³/mol. The molecular weight excluding hydrogens is 244 g/mol. The zero-order valence-electron chi connectivity index (χ0n) is 9.70. The first kappa shape index (κ1) is 11.2. The summed E-state index contributed by atoms with van der Waals surface area (Å²) in [6.45, 7) is 0. The van der Waals surface area contributed by atoms with Crippen molar-refractivity contribution in [1.29, 1.82) is 5.26 Å². The summed E-state index contributed by atoms with van der Waals surface area (Å²) < 4.78 is 4.92. The molecule has 1 unspecified atom stereocenters. The molecule has 0 spiro atoms. The van der Waals surface area contributed by atoms with Crippen molar-refractivity contribution in [2.24, 2.45) is 0 Å². The van der Waals surface area contributed by atoms with Crippen molar-refractivity contribution in [3.05, 3.63) is 58.3 Å². The van der Waals surface area contributed by atoms with Gasteiger partial charge < -0.3 is 4.42 Å². The third kappa shape index (κ3) is 1.98. The summed E-state index contributed by atoms with van der Waals surface area (Å²) in [5, 5.41) is 17.0. The van der Waals surface area contributed by atoms with Crippen molar-refractivity contribution in [3.63, 3.8) is 0 Å². The minimum absolute atomic E-state index is 0.463. The van der Waals surface area contributed by atoms with Crippen LogP contribution >= 0.6 is 0 Å². The van der Waals surface area contributed by atoms with Gasteiger partial charge in [0, 0.05) is 6.20 Å². The molecule has 19 heavy (non-hydrogen) atoms. The van der Waals surface area contributed by atoms with Crippen molar-refractivity contribution in [3.8, 4) is 6.07 Å². The maximum atomic E-state index is 11.1. The first-order valence-electron chi connectivity index (χ1n) is 5.58. The van der Waals surface area contributed by atoms with Gasteiger partial charge in [-0.15, -0.1) is 0 Å². The second kappa shape index (κ2) is 4.38. The third-order valence-corrected chi connectivity index (χ3v) is 2.79. The topological polar surface area (TPSA) is 95.6 Å². The van der Waals surface area contributed by atoms with Gasteiger partial charge in [-0.2, -0.15) is 15.5 Å². The van der Waals surface area contributed by atoms with Crippen LogP contribution in [-0.4, -0.2) is 15.2 Å². The highest BCUT2D eigenvalue weighted by atomic mass is 16.4. The smallest absolute Gasteiger partial charge is 0.408 e. The molecule has 2 aromatic heterocycles. The SMILES string of the molecule is N#CC(c1ccc2oc(=O)[nH]c2c1)c1cccnn1. The molecule has 0 aliphatic heterocycles. The molecule has 1 atom stereocenters. The summed E-state index contributed by atoms with van der Waals surface area (Å²) >= 11 is 0. The molecule has 0 saturated carbocycles. The molecule has 0 aliphatic carbocycles. The van der Waals surface area contributed by atoms with Crippen LogP contribution in [0.4, 0.5) is 0 Å². The summed E-state index contributed by atoms with van der Waals surface area (Å²) in [7, 11) is 0. The first-order chi connectivity index (χ1) is 9.28. The number of hydrogen-bond acceptors (Lipinski definition) is 5. The Morgan fingerprint density at radius 3 is 3.00 bits per heavy atom. The molecule has 0 aliphatic rings. The van der Waals surface area contributed by atoms with Crippen molar-refractivity contribution in [1.82, 2.24) is 15.2 Å². The molecule has 0 amide bonds. The number of fused-ring (bicyclic) bond motifs is 1. The number of rotatable bonds is 2. The Morgan fingerprint density at radius 1 is 1.37 bits per heavy atom. The van der Waals surface area contributed by atoms with Crippen molar-refractivity contribution >= 4 is 11.1 Å². The average molecular weight is 252 g/mol. The minimum Gasteiger partial charge on any atom is -0.408 e. The van der Waals surface area contributed by atoms with Crippen LogP contribution in [0.25, 0.3) is 11.1 Å². The van der Waals surface area contributed by atoms with Gasteiger partial charge in [-0.25, -0.2) is 4.79 Å².